The quantitative estimate of drug-likeness (QED) is 0.270. The molecule has 0 aliphatic rings. The molecule has 0 unspecified atom stereocenters. The van der Waals surface area contributed by atoms with Crippen molar-refractivity contribution < 1.29 is 18.1 Å². The monoisotopic (exact) mass is 448 g/mol. The number of fused-ring (bicyclic) bond motifs is 1. The summed E-state index contributed by atoms with van der Waals surface area (Å²) in [6.07, 6.45) is -4.09. The van der Waals surface area contributed by atoms with Crippen LogP contribution in [0.25, 0.3) is 15.3 Å². The number of thiazole rings is 1. The molecule has 4 aromatic rings. The Morgan fingerprint density at radius 2 is 1.90 bits per heavy atom. The van der Waals surface area contributed by atoms with Gasteiger partial charge in [-0.25, -0.2) is 4.98 Å². The lowest BCUT2D eigenvalue weighted by atomic mass is 10.2. The molecule has 9 nitrogen and oxygen atoms in total. The maximum absolute atomic E-state index is 13.5. The van der Waals surface area contributed by atoms with Crippen LogP contribution in [0, 0.1) is 10.1 Å². The van der Waals surface area contributed by atoms with Gasteiger partial charge in [-0.05, 0) is 24.3 Å². The van der Waals surface area contributed by atoms with Crippen molar-refractivity contribution in [3.8, 4) is 5.13 Å². The third-order valence-electron chi connectivity index (χ3n) is 4.15. The number of halogens is 3. The Kier molecular flexibility index (Phi) is 5.02. The zero-order chi connectivity index (χ0) is 22.2. The summed E-state index contributed by atoms with van der Waals surface area (Å²) in [4.78, 5) is 26.9. The molecular weight excluding hydrogens is 437 g/mol. The highest BCUT2D eigenvalue weighted by molar-refractivity contribution is 7.20. The molecule has 0 radical (unpaired) electrons. The van der Waals surface area contributed by atoms with Crippen LogP contribution < -0.4 is 11.0 Å². The summed E-state index contributed by atoms with van der Waals surface area (Å²) in [5.41, 5.74) is 0.173. The summed E-state index contributed by atoms with van der Waals surface area (Å²) in [6.45, 7) is 0. The molecule has 158 valence electrons. The van der Waals surface area contributed by atoms with E-state index in [0.717, 1.165) is 22.2 Å². The first-order valence-electron chi connectivity index (χ1n) is 8.56. The number of benzene rings is 2. The van der Waals surface area contributed by atoms with Crippen molar-refractivity contribution in [1.29, 1.82) is 0 Å². The number of H-pyrrole nitrogens is 1. The molecule has 0 amide bonds. The second kappa shape index (κ2) is 7.68. The van der Waals surface area contributed by atoms with Gasteiger partial charge in [-0.1, -0.05) is 23.5 Å². The van der Waals surface area contributed by atoms with Crippen LogP contribution in [0.5, 0.6) is 0 Å². The van der Waals surface area contributed by atoms with Crippen LogP contribution >= 0.6 is 11.3 Å². The largest absolute Gasteiger partial charge is 0.433 e. The van der Waals surface area contributed by atoms with E-state index in [9.17, 15) is 28.1 Å². The highest BCUT2D eigenvalue weighted by atomic mass is 32.1. The average Bonchev–Trinajstić information content (AvgIpc) is 3.29. The van der Waals surface area contributed by atoms with Gasteiger partial charge in [0, 0.05) is 12.1 Å². The fourth-order valence-electron chi connectivity index (χ4n) is 2.71. The molecule has 2 aromatic heterocycles. The molecular formula is C18H11F3N6O3S. The lowest BCUT2D eigenvalue weighted by molar-refractivity contribution is -0.384. The molecule has 4 rings (SSSR count). The zero-order valence-corrected chi connectivity index (χ0v) is 16.1. The molecule has 0 saturated heterocycles. The van der Waals surface area contributed by atoms with Gasteiger partial charge >= 0.3 is 6.18 Å². The minimum absolute atomic E-state index is 0.0553. The molecule has 31 heavy (non-hydrogen) atoms. The number of non-ortho nitro benzene ring substituents is 1. The Balaban J connectivity index is 1.68. The van der Waals surface area contributed by atoms with E-state index in [0.29, 0.717) is 10.2 Å². The number of nitrogens with one attached hydrogen (secondary N) is 2. The van der Waals surface area contributed by atoms with Crippen molar-refractivity contribution in [2.45, 2.75) is 6.18 Å². The number of hydrogen-bond donors (Lipinski definition) is 2. The summed E-state index contributed by atoms with van der Waals surface area (Å²) in [7, 11) is 0. The number of nitrogens with zero attached hydrogens (tertiary/aromatic N) is 4. The highest BCUT2D eigenvalue weighted by Gasteiger charge is 2.38. The van der Waals surface area contributed by atoms with Crippen molar-refractivity contribution in [1.82, 2.24) is 14.8 Å². The molecule has 0 aliphatic carbocycles. The Morgan fingerprint density at radius 1 is 1.19 bits per heavy atom. The maximum Gasteiger partial charge on any atom is 0.433 e. The van der Waals surface area contributed by atoms with Crippen LogP contribution in [0.2, 0.25) is 0 Å². The maximum atomic E-state index is 13.5. The predicted molar refractivity (Wildman–Crippen MR) is 109 cm³/mol. The van der Waals surface area contributed by atoms with Crippen molar-refractivity contribution in [2.75, 3.05) is 5.43 Å². The number of para-hydroxylation sites is 1. The lowest BCUT2D eigenvalue weighted by Crippen LogP contribution is -2.17. The Bertz CT molecular complexity index is 1320. The van der Waals surface area contributed by atoms with Crippen LogP contribution in [0.15, 0.2) is 58.4 Å². The SMILES string of the molecule is O=c1c(C=NNc2ccc([N+](=O)[O-])cc2)c(C(F)(F)F)[nH]n1-c1nc2ccccc2s1. The number of hydrazone groups is 1. The number of hydrogen-bond acceptors (Lipinski definition) is 7. The summed E-state index contributed by atoms with van der Waals surface area (Å²) in [6, 6.07) is 12.0. The molecule has 0 bridgehead atoms. The number of alkyl halides is 3. The van der Waals surface area contributed by atoms with E-state index < -0.39 is 27.9 Å². The van der Waals surface area contributed by atoms with E-state index in [1.165, 1.54) is 24.3 Å². The first kappa shape index (κ1) is 20.3. The summed E-state index contributed by atoms with van der Waals surface area (Å²) in [5, 5.41) is 16.5. The van der Waals surface area contributed by atoms with Gasteiger partial charge in [0.15, 0.2) is 5.69 Å². The first-order valence-corrected chi connectivity index (χ1v) is 9.37. The van der Waals surface area contributed by atoms with Crippen LogP contribution in [0.3, 0.4) is 0 Å². The van der Waals surface area contributed by atoms with Gasteiger partial charge < -0.3 is 0 Å². The number of nitro groups is 1. The van der Waals surface area contributed by atoms with E-state index in [1.807, 2.05) is 0 Å². The first-order chi connectivity index (χ1) is 14.7. The third-order valence-corrected chi connectivity index (χ3v) is 5.17. The highest BCUT2D eigenvalue weighted by Crippen LogP contribution is 2.30. The summed E-state index contributed by atoms with van der Waals surface area (Å²) >= 11 is 1.06. The van der Waals surface area contributed by atoms with Crippen molar-refractivity contribution in [2.24, 2.45) is 5.10 Å². The van der Waals surface area contributed by atoms with Gasteiger partial charge in [0.2, 0.25) is 5.13 Å². The van der Waals surface area contributed by atoms with Crippen molar-refractivity contribution in [3.05, 3.63) is 80.3 Å². The Hall–Kier alpha value is -4.00. The number of nitro benzene ring substituents is 1. The van der Waals surface area contributed by atoms with Gasteiger partial charge in [-0.2, -0.15) is 23.0 Å². The smallest absolute Gasteiger partial charge is 0.284 e. The minimum Gasteiger partial charge on any atom is -0.284 e. The molecule has 0 saturated carbocycles. The average molecular weight is 448 g/mol. The van der Waals surface area contributed by atoms with Crippen LogP contribution in [0.1, 0.15) is 11.3 Å². The van der Waals surface area contributed by atoms with Crippen LogP contribution in [-0.2, 0) is 6.18 Å². The van der Waals surface area contributed by atoms with Gasteiger partial charge in [0.25, 0.3) is 11.2 Å². The van der Waals surface area contributed by atoms with E-state index in [4.69, 9.17) is 0 Å². The van der Waals surface area contributed by atoms with Crippen LogP contribution in [0.4, 0.5) is 24.5 Å². The third kappa shape index (κ3) is 4.02. The Labute approximate surface area is 174 Å². The zero-order valence-electron chi connectivity index (χ0n) is 15.3. The fraction of sp³-hybridized carbons (Fsp3) is 0.0556. The second-order valence-corrected chi connectivity index (χ2v) is 7.19. The molecule has 0 aliphatic heterocycles. The van der Waals surface area contributed by atoms with Gasteiger partial charge in [0.1, 0.15) is 0 Å². The minimum atomic E-state index is -4.84. The molecule has 13 heteroatoms. The summed E-state index contributed by atoms with van der Waals surface area (Å²) in [5.74, 6) is 0. The topological polar surface area (TPSA) is 118 Å². The molecule has 0 spiro atoms. The molecule has 0 fully saturated rings. The lowest BCUT2D eigenvalue weighted by Gasteiger charge is -2.04. The number of rotatable bonds is 5. The second-order valence-electron chi connectivity index (χ2n) is 6.18. The number of aromatic nitrogens is 3. The fourth-order valence-corrected chi connectivity index (χ4v) is 3.63. The van der Waals surface area contributed by atoms with E-state index >= 15 is 0 Å². The van der Waals surface area contributed by atoms with E-state index in [-0.39, 0.29) is 16.5 Å². The van der Waals surface area contributed by atoms with Gasteiger partial charge in [-0.15, -0.1) is 0 Å². The van der Waals surface area contributed by atoms with E-state index in [2.05, 4.69) is 20.6 Å². The Morgan fingerprint density at radius 3 is 2.55 bits per heavy atom. The van der Waals surface area contributed by atoms with Crippen LogP contribution in [-0.4, -0.2) is 25.9 Å². The summed E-state index contributed by atoms with van der Waals surface area (Å²) < 4.78 is 41.9. The van der Waals surface area contributed by atoms with Gasteiger partial charge in [0.05, 0.1) is 32.6 Å². The number of anilines is 1. The molecule has 0 atom stereocenters. The van der Waals surface area contributed by atoms with Gasteiger partial charge in [-0.3, -0.25) is 25.4 Å². The predicted octanol–water partition coefficient (Wildman–Crippen LogP) is 4.15. The molecule has 2 N–H and O–H groups in total. The molecule has 2 heterocycles. The number of aromatic amines is 1. The standard InChI is InChI=1S/C18H11F3N6O3S/c19-18(20,21)15-12(9-22-24-10-5-7-11(8-6-10)27(29)30)16(28)26(25-15)17-23-13-3-1-2-4-14(13)31-17/h1-9,24-25H. The van der Waals surface area contributed by atoms with E-state index in [1.54, 1.807) is 24.3 Å². The molecule has 2 aromatic carbocycles. The normalized spacial score (nSPS) is 12.0. The van der Waals surface area contributed by atoms with Crippen molar-refractivity contribution >= 4 is 39.1 Å². The van der Waals surface area contributed by atoms with Crippen molar-refractivity contribution in [3.63, 3.8) is 0 Å².